The monoisotopic (exact) mass is 379 g/mol. The maximum atomic E-state index is 13.1. The van der Waals surface area contributed by atoms with E-state index < -0.39 is 5.97 Å². The number of aliphatic carboxylic acids is 1. The van der Waals surface area contributed by atoms with Crippen molar-refractivity contribution in [1.29, 1.82) is 0 Å². The SMILES string of the molecule is O=C(O)CC1CCN(C(=O)C2(c3ccc(Br)cc3)CCC2)CC1. The number of hydrogen-bond acceptors (Lipinski definition) is 2. The van der Waals surface area contributed by atoms with E-state index >= 15 is 0 Å². The summed E-state index contributed by atoms with van der Waals surface area (Å²) in [4.78, 5) is 25.9. The molecule has 1 aliphatic carbocycles. The second kappa shape index (κ2) is 6.63. The van der Waals surface area contributed by atoms with E-state index in [2.05, 4.69) is 28.1 Å². The molecule has 2 fully saturated rings. The summed E-state index contributed by atoms with van der Waals surface area (Å²) in [7, 11) is 0. The van der Waals surface area contributed by atoms with Crippen molar-refractivity contribution in [3.05, 3.63) is 34.3 Å². The molecule has 0 aromatic heterocycles. The predicted octanol–water partition coefficient (Wildman–Crippen LogP) is 3.58. The molecular weight excluding hydrogens is 358 g/mol. The van der Waals surface area contributed by atoms with E-state index in [4.69, 9.17) is 5.11 Å². The average molecular weight is 380 g/mol. The predicted molar refractivity (Wildman–Crippen MR) is 91.2 cm³/mol. The zero-order chi connectivity index (χ0) is 16.4. The van der Waals surface area contributed by atoms with Gasteiger partial charge >= 0.3 is 5.97 Å². The third-order valence-corrected chi connectivity index (χ3v) is 5.91. The summed E-state index contributed by atoms with van der Waals surface area (Å²) in [6, 6.07) is 8.11. The first kappa shape index (κ1) is 16.5. The Morgan fingerprint density at radius 1 is 1.17 bits per heavy atom. The number of rotatable bonds is 4. The van der Waals surface area contributed by atoms with E-state index in [1.807, 2.05) is 17.0 Å². The van der Waals surface area contributed by atoms with Crippen molar-refractivity contribution < 1.29 is 14.7 Å². The van der Waals surface area contributed by atoms with Gasteiger partial charge in [-0.2, -0.15) is 0 Å². The fraction of sp³-hybridized carbons (Fsp3) is 0.556. The average Bonchev–Trinajstić information content (AvgIpc) is 2.48. The van der Waals surface area contributed by atoms with Crippen LogP contribution < -0.4 is 0 Å². The maximum absolute atomic E-state index is 13.1. The van der Waals surface area contributed by atoms with Crippen LogP contribution in [-0.2, 0) is 15.0 Å². The standard InChI is InChI=1S/C18H22BrNO3/c19-15-4-2-14(3-5-15)18(8-1-9-18)17(23)20-10-6-13(7-11-20)12-16(21)22/h2-5,13H,1,6-12H2,(H,21,22). The van der Waals surface area contributed by atoms with Crippen LogP contribution in [-0.4, -0.2) is 35.0 Å². The Kier molecular flexibility index (Phi) is 4.76. The smallest absolute Gasteiger partial charge is 0.303 e. The largest absolute Gasteiger partial charge is 0.481 e. The third-order valence-electron chi connectivity index (χ3n) is 5.38. The second-order valence-electron chi connectivity index (χ2n) is 6.78. The first-order chi connectivity index (χ1) is 11.0. The molecular formula is C18H22BrNO3. The molecule has 0 unspecified atom stereocenters. The fourth-order valence-corrected chi connectivity index (χ4v) is 4.08. The minimum Gasteiger partial charge on any atom is -0.481 e. The van der Waals surface area contributed by atoms with E-state index in [9.17, 15) is 9.59 Å². The number of carboxylic acid groups (broad SMARTS) is 1. The molecule has 1 aromatic carbocycles. The van der Waals surface area contributed by atoms with Crippen LogP contribution in [0.25, 0.3) is 0 Å². The summed E-state index contributed by atoms with van der Waals surface area (Å²) in [5.74, 6) is -0.290. The van der Waals surface area contributed by atoms with Crippen molar-refractivity contribution >= 4 is 27.8 Å². The van der Waals surface area contributed by atoms with Gasteiger partial charge in [0.1, 0.15) is 0 Å². The molecule has 1 saturated carbocycles. The van der Waals surface area contributed by atoms with Crippen LogP contribution in [0.3, 0.4) is 0 Å². The molecule has 0 atom stereocenters. The first-order valence-corrected chi connectivity index (χ1v) is 9.08. The molecule has 124 valence electrons. The molecule has 1 amide bonds. The summed E-state index contributed by atoms with van der Waals surface area (Å²) in [6.07, 6.45) is 4.76. The Hall–Kier alpha value is -1.36. The lowest BCUT2D eigenvalue weighted by molar-refractivity contribution is -0.143. The van der Waals surface area contributed by atoms with Gasteiger partial charge in [-0.05, 0) is 49.3 Å². The lowest BCUT2D eigenvalue weighted by atomic mass is 9.63. The third kappa shape index (κ3) is 3.30. The summed E-state index contributed by atoms with van der Waals surface area (Å²) in [5.41, 5.74) is 0.768. The topological polar surface area (TPSA) is 57.6 Å². The number of piperidine rings is 1. The molecule has 0 bridgehead atoms. The quantitative estimate of drug-likeness (QED) is 0.869. The maximum Gasteiger partial charge on any atom is 0.303 e. The normalized spacial score (nSPS) is 20.8. The van der Waals surface area contributed by atoms with Crippen LogP contribution >= 0.6 is 15.9 Å². The minimum absolute atomic E-state index is 0.210. The number of benzene rings is 1. The molecule has 3 rings (SSSR count). The van der Waals surface area contributed by atoms with Gasteiger partial charge < -0.3 is 10.0 Å². The van der Waals surface area contributed by atoms with Crippen LogP contribution in [0.1, 0.15) is 44.1 Å². The van der Waals surface area contributed by atoms with Gasteiger partial charge in [0.2, 0.25) is 5.91 Å². The molecule has 1 aromatic rings. The van der Waals surface area contributed by atoms with Gasteiger partial charge in [0.25, 0.3) is 0 Å². The van der Waals surface area contributed by atoms with Gasteiger partial charge in [-0.25, -0.2) is 0 Å². The highest BCUT2D eigenvalue weighted by Gasteiger charge is 2.48. The summed E-state index contributed by atoms with van der Waals surface area (Å²) in [5, 5.41) is 8.90. The molecule has 4 nitrogen and oxygen atoms in total. The van der Waals surface area contributed by atoms with Crippen LogP contribution in [0.5, 0.6) is 0 Å². The van der Waals surface area contributed by atoms with Gasteiger partial charge in [0.05, 0.1) is 5.41 Å². The van der Waals surface area contributed by atoms with Crippen molar-refractivity contribution in [2.24, 2.45) is 5.92 Å². The lowest BCUT2D eigenvalue weighted by Crippen LogP contribution is -2.53. The van der Waals surface area contributed by atoms with Gasteiger partial charge in [0, 0.05) is 24.0 Å². The zero-order valence-electron chi connectivity index (χ0n) is 13.1. The Bertz CT molecular complexity index is 587. The summed E-state index contributed by atoms with van der Waals surface area (Å²) in [6.45, 7) is 1.38. The number of halogens is 1. The zero-order valence-corrected chi connectivity index (χ0v) is 14.7. The van der Waals surface area contributed by atoms with E-state index in [-0.39, 0.29) is 23.7 Å². The number of carbonyl (C=O) groups is 2. The highest BCUT2D eigenvalue weighted by molar-refractivity contribution is 9.10. The number of carboxylic acids is 1. The van der Waals surface area contributed by atoms with Crippen molar-refractivity contribution in [3.63, 3.8) is 0 Å². The molecule has 1 heterocycles. The summed E-state index contributed by atoms with van der Waals surface area (Å²) < 4.78 is 1.03. The molecule has 5 heteroatoms. The Morgan fingerprint density at radius 2 is 1.78 bits per heavy atom. The van der Waals surface area contributed by atoms with Gasteiger partial charge in [-0.15, -0.1) is 0 Å². The molecule has 1 aliphatic heterocycles. The number of likely N-dealkylation sites (tertiary alicyclic amines) is 1. The highest BCUT2D eigenvalue weighted by atomic mass is 79.9. The van der Waals surface area contributed by atoms with Crippen LogP contribution in [0.2, 0.25) is 0 Å². The van der Waals surface area contributed by atoms with Gasteiger partial charge in [0.15, 0.2) is 0 Å². The molecule has 2 aliphatic rings. The van der Waals surface area contributed by atoms with E-state index in [0.717, 1.165) is 42.1 Å². The Morgan fingerprint density at radius 3 is 2.26 bits per heavy atom. The van der Waals surface area contributed by atoms with Crippen molar-refractivity contribution in [2.75, 3.05) is 13.1 Å². The highest BCUT2D eigenvalue weighted by Crippen LogP contribution is 2.46. The minimum atomic E-state index is -0.736. The lowest BCUT2D eigenvalue weighted by Gasteiger charge is -2.45. The van der Waals surface area contributed by atoms with Crippen molar-refractivity contribution in [3.8, 4) is 0 Å². The Labute approximate surface area is 145 Å². The van der Waals surface area contributed by atoms with Crippen LogP contribution in [0.4, 0.5) is 0 Å². The number of amides is 1. The summed E-state index contributed by atoms with van der Waals surface area (Å²) >= 11 is 3.45. The van der Waals surface area contributed by atoms with Gasteiger partial charge in [-0.1, -0.05) is 34.5 Å². The Balaban J connectivity index is 1.69. The van der Waals surface area contributed by atoms with Crippen LogP contribution in [0, 0.1) is 5.92 Å². The van der Waals surface area contributed by atoms with Crippen molar-refractivity contribution in [1.82, 2.24) is 4.90 Å². The number of nitrogens with zero attached hydrogens (tertiary/aromatic N) is 1. The van der Waals surface area contributed by atoms with Crippen molar-refractivity contribution in [2.45, 2.75) is 43.9 Å². The first-order valence-electron chi connectivity index (χ1n) is 8.28. The van der Waals surface area contributed by atoms with E-state index in [0.29, 0.717) is 13.1 Å². The van der Waals surface area contributed by atoms with E-state index in [1.165, 1.54) is 0 Å². The van der Waals surface area contributed by atoms with Gasteiger partial charge in [-0.3, -0.25) is 9.59 Å². The molecule has 1 saturated heterocycles. The fourth-order valence-electron chi connectivity index (χ4n) is 3.82. The van der Waals surface area contributed by atoms with E-state index in [1.54, 1.807) is 0 Å². The number of hydrogen-bond donors (Lipinski definition) is 1. The number of carbonyl (C=O) groups excluding carboxylic acids is 1. The molecule has 0 spiro atoms. The van der Waals surface area contributed by atoms with Crippen LogP contribution in [0.15, 0.2) is 28.7 Å². The molecule has 1 N–H and O–H groups in total. The molecule has 23 heavy (non-hydrogen) atoms. The molecule has 0 radical (unpaired) electrons. The second-order valence-corrected chi connectivity index (χ2v) is 7.69.